The molecular formula is C25H27Cl2N5O4S. The molecule has 1 atom stereocenters. The van der Waals surface area contributed by atoms with E-state index in [0.717, 1.165) is 0 Å². The topological polar surface area (TPSA) is 115 Å². The first kappa shape index (κ1) is 28.5. The van der Waals surface area contributed by atoms with Crippen molar-refractivity contribution >= 4 is 58.4 Å². The molecule has 0 spiro atoms. The van der Waals surface area contributed by atoms with Gasteiger partial charge in [0, 0.05) is 17.3 Å². The molecule has 2 amide bonds. The first-order valence-electron chi connectivity index (χ1n) is 11.5. The molecule has 37 heavy (non-hydrogen) atoms. The molecule has 12 heteroatoms. The van der Waals surface area contributed by atoms with E-state index in [1.165, 1.54) is 17.8 Å². The highest BCUT2D eigenvalue weighted by Crippen LogP contribution is 2.24. The second-order valence-corrected chi connectivity index (χ2v) is 10.1. The smallest absolute Gasteiger partial charge is 0.338 e. The number of hydrogen-bond donors (Lipinski definition) is 2. The van der Waals surface area contributed by atoms with Gasteiger partial charge < -0.3 is 19.9 Å². The lowest BCUT2D eigenvalue weighted by molar-refractivity contribution is -0.113. The predicted octanol–water partition coefficient (Wildman–Crippen LogP) is 5.39. The van der Waals surface area contributed by atoms with Crippen molar-refractivity contribution in [3.8, 4) is 0 Å². The van der Waals surface area contributed by atoms with Crippen LogP contribution in [0.3, 0.4) is 0 Å². The first-order chi connectivity index (χ1) is 17.6. The Balaban J connectivity index is 1.62. The minimum Gasteiger partial charge on any atom is -0.459 e. The number of nitrogens with zero attached hydrogens (tertiary/aromatic N) is 3. The molecule has 0 saturated heterocycles. The molecule has 3 rings (SSSR count). The quantitative estimate of drug-likeness (QED) is 0.251. The van der Waals surface area contributed by atoms with Crippen molar-refractivity contribution < 1.29 is 19.1 Å². The SMILES string of the molecule is CCn1c(SCC(=O)Nc2cccc(C(=O)OC(C)C)c2)nnc1[C@H](C)NC(=O)c1ccc(Cl)cc1Cl. The van der Waals surface area contributed by atoms with E-state index < -0.39 is 12.0 Å². The fourth-order valence-corrected chi connectivity index (χ4v) is 4.67. The molecule has 3 aromatic rings. The van der Waals surface area contributed by atoms with Crippen molar-refractivity contribution in [2.45, 2.75) is 51.5 Å². The Labute approximate surface area is 229 Å². The monoisotopic (exact) mass is 563 g/mol. The van der Waals surface area contributed by atoms with Gasteiger partial charge in [-0.3, -0.25) is 9.59 Å². The molecule has 0 aliphatic rings. The summed E-state index contributed by atoms with van der Waals surface area (Å²) >= 11 is 13.3. The summed E-state index contributed by atoms with van der Waals surface area (Å²) in [4.78, 5) is 37.4. The van der Waals surface area contributed by atoms with Crippen LogP contribution in [0.15, 0.2) is 47.6 Å². The maximum atomic E-state index is 12.7. The molecule has 0 aliphatic heterocycles. The van der Waals surface area contributed by atoms with Crippen molar-refractivity contribution in [1.29, 1.82) is 0 Å². The molecule has 2 aromatic carbocycles. The number of esters is 1. The van der Waals surface area contributed by atoms with E-state index in [0.29, 0.717) is 39.4 Å². The lowest BCUT2D eigenvalue weighted by Gasteiger charge is -2.15. The molecule has 0 bridgehead atoms. The minimum absolute atomic E-state index is 0.0694. The number of amides is 2. The summed E-state index contributed by atoms with van der Waals surface area (Å²) in [6, 6.07) is 10.7. The van der Waals surface area contributed by atoms with Gasteiger partial charge in [-0.05, 0) is 64.1 Å². The molecule has 2 N–H and O–H groups in total. The van der Waals surface area contributed by atoms with Crippen LogP contribution in [0.25, 0.3) is 0 Å². The molecule has 196 valence electrons. The fraction of sp³-hybridized carbons (Fsp3) is 0.320. The molecule has 0 saturated carbocycles. The third-order valence-corrected chi connectivity index (χ3v) is 6.54. The number of carbonyl (C=O) groups excluding carboxylic acids is 3. The highest BCUT2D eigenvalue weighted by Gasteiger charge is 2.21. The summed E-state index contributed by atoms with van der Waals surface area (Å²) in [6.45, 7) is 7.78. The third kappa shape index (κ3) is 7.70. The zero-order valence-corrected chi connectivity index (χ0v) is 23.1. The van der Waals surface area contributed by atoms with Crippen LogP contribution in [-0.4, -0.2) is 44.4 Å². The van der Waals surface area contributed by atoms with Crippen LogP contribution < -0.4 is 10.6 Å². The van der Waals surface area contributed by atoms with Crippen LogP contribution >= 0.6 is 35.0 Å². The lowest BCUT2D eigenvalue weighted by Crippen LogP contribution is -2.29. The molecule has 0 aliphatic carbocycles. The van der Waals surface area contributed by atoms with Crippen LogP contribution in [0.1, 0.15) is 60.3 Å². The van der Waals surface area contributed by atoms with Gasteiger partial charge in [-0.2, -0.15) is 0 Å². The summed E-state index contributed by atoms with van der Waals surface area (Å²) in [7, 11) is 0. The number of nitrogens with one attached hydrogen (secondary N) is 2. The number of halogens is 2. The van der Waals surface area contributed by atoms with E-state index in [2.05, 4.69) is 20.8 Å². The van der Waals surface area contributed by atoms with Crippen molar-refractivity contribution in [2.24, 2.45) is 0 Å². The van der Waals surface area contributed by atoms with E-state index in [1.54, 1.807) is 57.2 Å². The molecule has 0 radical (unpaired) electrons. The molecule has 0 unspecified atom stereocenters. The van der Waals surface area contributed by atoms with Crippen LogP contribution in [0.2, 0.25) is 10.0 Å². The number of anilines is 1. The van der Waals surface area contributed by atoms with Crippen LogP contribution in [-0.2, 0) is 16.1 Å². The maximum absolute atomic E-state index is 12.7. The Bertz CT molecular complexity index is 1300. The summed E-state index contributed by atoms with van der Waals surface area (Å²) < 4.78 is 7.02. The Hall–Kier alpha value is -3.08. The van der Waals surface area contributed by atoms with Crippen molar-refractivity contribution in [3.63, 3.8) is 0 Å². The van der Waals surface area contributed by atoms with E-state index in [1.807, 2.05) is 11.5 Å². The second kappa shape index (κ2) is 12.9. The number of rotatable bonds is 10. The van der Waals surface area contributed by atoms with Crippen molar-refractivity contribution in [2.75, 3.05) is 11.1 Å². The van der Waals surface area contributed by atoms with E-state index in [-0.39, 0.29) is 28.7 Å². The molecule has 9 nitrogen and oxygen atoms in total. The minimum atomic E-state index is -0.469. The average molecular weight is 564 g/mol. The predicted molar refractivity (Wildman–Crippen MR) is 144 cm³/mol. The second-order valence-electron chi connectivity index (χ2n) is 8.28. The van der Waals surface area contributed by atoms with Gasteiger partial charge in [0.1, 0.15) is 0 Å². The standard InChI is InChI=1S/C25H27Cl2N5O4S/c1-5-32-22(15(4)28-23(34)19-10-9-17(26)12-20(19)27)30-31-25(32)37-13-21(33)29-18-8-6-7-16(11-18)24(35)36-14(2)3/h6-12,14-15H,5,13H2,1-4H3,(H,28,34)(H,29,33)/t15-/m0/s1. The number of carbonyl (C=O) groups is 3. The zero-order chi connectivity index (χ0) is 27.1. The lowest BCUT2D eigenvalue weighted by atomic mass is 10.2. The summed E-state index contributed by atoms with van der Waals surface area (Å²) in [5.74, 6) is -0.484. The van der Waals surface area contributed by atoms with Gasteiger partial charge in [0.25, 0.3) is 5.91 Å². The molecule has 0 fully saturated rings. The normalized spacial score (nSPS) is 11.8. The van der Waals surface area contributed by atoms with Crippen LogP contribution in [0.4, 0.5) is 5.69 Å². The van der Waals surface area contributed by atoms with Gasteiger partial charge in [-0.25, -0.2) is 4.79 Å². The average Bonchev–Trinajstić information content (AvgIpc) is 3.25. The maximum Gasteiger partial charge on any atom is 0.338 e. The summed E-state index contributed by atoms with van der Waals surface area (Å²) in [5, 5.41) is 15.3. The Kier molecular flexibility index (Phi) is 9.96. The fourth-order valence-electron chi connectivity index (χ4n) is 3.37. The van der Waals surface area contributed by atoms with Gasteiger partial charge in [0.05, 0.1) is 34.0 Å². The summed E-state index contributed by atoms with van der Waals surface area (Å²) in [6.07, 6.45) is -0.241. The number of benzene rings is 2. The molecular weight excluding hydrogens is 537 g/mol. The van der Waals surface area contributed by atoms with E-state index in [4.69, 9.17) is 27.9 Å². The van der Waals surface area contributed by atoms with Gasteiger partial charge >= 0.3 is 5.97 Å². The van der Waals surface area contributed by atoms with E-state index in [9.17, 15) is 14.4 Å². The number of hydrogen-bond acceptors (Lipinski definition) is 7. The largest absolute Gasteiger partial charge is 0.459 e. The van der Waals surface area contributed by atoms with Crippen LogP contribution in [0.5, 0.6) is 0 Å². The van der Waals surface area contributed by atoms with Crippen molar-refractivity contribution in [3.05, 3.63) is 69.5 Å². The Morgan fingerprint density at radius 1 is 1.08 bits per heavy atom. The first-order valence-corrected chi connectivity index (χ1v) is 13.3. The number of thioether (sulfide) groups is 1. The highest BCUT2D eigenvalue weighted by atomic mass is 35.5. The summed E-state index contributed by atoms with van der Waals surface area (Å²) in [5.41, 5.74) is 1.14. The Morgan fingerprint density at radius 3 is 2.51 bits per heavy atom. The number of ether oxygens (including phenoxy) is 1. The van der Waals surface area contributed by atoms with Crippen molar-refractivity contribution in [1.82, 2.24) is 20.1 Å². The van der Waals surface area contributed by atoms with Gasteiger partial charge in [0.2, 0.25) is 5.91 Å². The number of aromatic nitrogens is 3. The van der Waals surface area contributed by atoms with Crippen LogP contribution in [0, 0.1) is 0 Å². The zero-order valence-electron chi connectivity index (χ0n) is 20.7. The van der Waals surface area contributed by atoms with Gasteiger partial charge in [0.15, 0.2) is 11.0 Å². The van der Waals surface area contributed by atoms with E-state index >= 15 is 0 Å². The third-order valence-electron chi connectivity index (χ3n) is 5.03. The van der Waals surface area contributed by atoms with Gasteiger partial charge in [-0.1, -0.05) is 41.0 Å². The molecule has 1 aromatic heterocycles. The Morgan fingerprint density at radius 2 is 1.84 bits per heavy atom. The molecule has 1 heterocycles. The highest BCUT2D eigenvalue weighted by molar-refractivity contribution is 7.99. The van der Waals surface area contributed by atoms with Gasteiger partial charge in [-0.15, -0.1) is 10.2 Å².